The van der Waals surface area contributed by atoms with Crippen molar-refractivity contribution in [2.45, 2.75) is 6.42 Å². The molecule has 8 heteroatoms. The van der Waals surface area contributed by atoms with Crippen LogP contribution in [0.5, 0.6) is 0 Å². The van der Waals surface area contributed by atoms with Crippen LogP contribution in [0.15, 0.2) is 12.2 Å². The summed E-state index contributed by atoms with van der Waals surface area (Å²) in [5, 5.41) is 23.2. The summed E-state index contributed by atoms with van der Waals surface area (Å²) in [7, 11) is -3.67. The second kappa shape index (κ2) is 15.5. The van der Waals surface area contributed by atoms with Crippen molar-refractivity contribution in [3.8, 4) is 0 Å². The molecule has 0 amide bonds. The molecular weight excluding hydrogens is 228 g/mol. The maximum absolute atomic E-state index is 9.19. The highest BCUT2D eigenvalue weighted by molar-refractivity contribution is 7.85. The van der Waals surface area contributed by atoms with Crippen LogP contribution in [0.1, 0.15) is 6.42 Å². The van der Waals surface area contributed by atoms with Crippen molar-refractivity contribution in [3.05, 3.63) is 12.2 Å². The summed E-state index contributed by atoms with van der Waals surface area (Å²) in [6.07, 6.45) is 4.70. The van der Waals surface area contributed by atoms with Crippen LogP contribution in [0, 0.1) is 0 Å². The zero-order valence-corrected chi connectivity index (χ0v) is 9.09. The molecule has 0 aromatic rings. The van der Waals surface area contributed by atoms with Gasteiger partial charge in [-0.3, -0.25) is 9.35 Å². The molecule has 92 valence electrons. The molecule has 4 N–H and O–H groups in total. The minimum absolute atomic E-state index is 0.0694. The van der Waals surface area contributed by atoms with E-state index in [9.17, 15) is 8.42 Å². The van der Waals surface area contributed by atoms with Crippen molar-refractivity contribution < 1.29 is 33.1 Å². The largest absolute Gasteiger partial charge is 0.483 e. The average Bonchev–Trinajstić information content (AvgIpc) is 2.04. The van der Waals surface area contributed by atoms with Gasteiger partial charge in [0.1, 0.15) is 0 Å². The number of hydrogen-bond donors (Lipinski definition) is 4. The molecule has 0 heterocycles. The molecule has 0 atom stereocenters. The van der Waals surface area contributed by atoms with Crippen molar-refractivity contribution in [2.75, 3.05) is 19.5 Å². The van der Waals surface area contributed by atoms with E-state index in [1.165, 1.54) is 0 Å². The smallest absolute Gasteiger partial charge is 0.290 e. The van der Waals surface area contributed by atoms with Crippen LogP contribution in [0.2, 0.25) is 0 Å². The first-order valence-corrected chi connectivity index (χ1v) is 5.55. The van der Waals surface area contributed by atoms with Gasteiger partial charge in [-0.25, -0.2) is 0 Å². The Morgan fingerprint density at radius 1 is 1.20 bits per heavy atom. The van der Waals surface area contributed by atoms with Gasteiger partial charge in [-0.2, -0.15) is 8.42 Å². The zero-order valence-electron chi connectivity index (χ0n) is 8.28. The van der Waals surface area contributed by atoms with E-state index < -0.39 is 10.1 Å². The molecule has 15 heavy (non-hydrogen) atoms. The summed E-state index contributed by atoms with van der Waals surface area (Å²) in [5.41, 5.74) is 0. The van der Waals surface area contributed by atoms with Gasteiger partial charge in [0.2, 0.25) is 0 Å². The van der Waals surface area contributed by atoms with Gasteiger partial charge in [0.25, 0.3) is 16.6 Å². The van der Waals surface area contributed by atoms with Gasteiger partial charge in [0.05, 0.1) is 12.9 Å². The molecule has 0 aliphatic heterocycles. The lowest BCUT2D eigenvalue weighted by molar-refractivity contribution is -0.122. The molecule has 0 fully saturated rings. The summed E-state index contributed by atoms with van der Waals surface area (Å²) < 4.78 is 25.9. The topological polar surface area (TPSA) is 132 Å². The number of aliphatic hydroxyl groups is 2. The molecule has 0 spiro atoms. The fourth-order valence-corrected chi connectivity index (χ4v) is 0.267. The van der Waals surface area contributed by atoms with Gasteiger partial charge in [0.15, 0.2) is 0 Å². The lowest BCUT2D eigenvalue weighted by atomic mass is 10.4. The second-order valence-electron chi connectivity index (χ2n) is 2.00. The van der Waals surface area contributed by atoms with E-state index in [-0.39, 0.29) is 19.7 Å². The van der Waals surface area contributed by atoms with Gasteiger partial charge in [-0.05, 0) is 6.42 Å². The van der Waals surface area contributed by atoms with Crippen LogP contribution in [0.4, 0.5) is 0 Å². The number of hydrogen-bond acceptors (Lipinski definition) is 5. The molecule has 0 saturated heterocycles. The third-order valence-electron chi connectivity index (χ3n) is 0.568. The third kappa shape index (κ3) is 172. The molecule has 0 saturated carbocycles. The fourth-order valence-electron chi connectivity index (χ4n) is 0.267. The van der Waals surface area contributed by atoms with E-state index in [1.54, 1.807) is 12.2 Å². The minimum Gasteiger partial charge on any atom is -0.483 e. The Morgan fingerprint density at radius 3 is 1.73 bits per heavy atom. The highest BCUT2D eigenvalue weighted by atomic mass is 32.2. The van der Waals surface area contributed by atoms with Crippen molar-refractivity contribution in [2.24, 2.45) is 0 Å². The van der Waals surface area contributed by atoms with E-state index >= 15 is 0 Å². The molecule has 0 radical (unpaired) electrons. The molecule has 0 aliphatic rings. The Morgan fingerprint density at radius 2 is 1.53 bits per heavy atom. The maximum atomic E-state index is 9.19. The van der Waals surface area contributed by atoms with Gasteiger partial charge in [-0.15, -0.1) is 0 Å². The Balaban J connectivity index is -0.000000158. The van der Waals surface area contributed by atoms with Crippen LogP contribution in [-0.4, -0.2) is 54.2 Å². The first kappa shape index (κ1) is 19.6. The Labute approximate surface area is 88.4 Å². The van der Waals surface area contributed by atoms with Gasteiger partial charge < -0.3 is 15.3 Å². The summed E-state index contributed by atoms with van der Waals surface area (Å²) in [6, 6.07) is 0. The van der Waals surface area contributed by atoms with Crippen LogP contribution in [0.3, 0.4) is 0 Å². The second-order valence-corrected chi connectivity index (χ2v) is 3.47. The van der Waals surface area contributed by atoms with E-state index in [2.05, 4.69) is 0 Å². The molecule has 0 bridgehead atoms. The third-order valence-corrected chi connectivity index (χ3v) is 0.568. The van der Waals surface area contributed by atoms with E-state index in [0.717, 1.165) is 0 Å². The molecule has 7 nitrogen and oxygen atoms in total. The minimum atomic E-state index is -3.67. The molecule has 0 aromatic heterocycles. The van der Waals surface area contributed by atoms with E-state index in [4.69, 9.17) is 24.7 Å². The molecule has 0 unspecified atom stereocenters. The van der Waals surface area contributed by atoms with Crippen LogP contribution < -0.4 is 0 Å². The first-order valence-electron chi connectivity index (χ1n) is 3.70. The van der Waals surface area contributed by atoms with Crippen LogP contribution in [0.25, 0.3) is 0 Å². The Kier molecular flexibility index (Phi) is 20.3. The fraction of sp³-hybridized carbons (Fsp3) is 0.571. The lowest BCUT2D eigenvalue weighted by Crippen LogP contribution is -1.88. The van der Waals surface area contributed by atoms with Crippen molar-refractivity contribution in [1.82, 2.24) is 0 Å². The average molecular weight is 244 g/mol. The SMILES string of the molecule is CS(=O)(=O)O.O=CO.OCC=CCCO. The highest BCUT2D eigenvalue weighted by Gasteiger charge is 1.81. The molecular formula is C7H16O7S. The predicted molar refractivity (Wildman–Crippen MR) is 54.1 cm³/mol. The van der Waals surface area contributed by atoms with E-state index in [0.29, 0.717) is 12.7 Å². The number of aliphatic hydroxyl groups excluding tert-OH is 2. The zero-order chi connectivity index (χ0) is 12.7. The Hall–Kier alpha value is -0.960. The standard InChI is InChI=1S/C5H10O2.CH4O3S.CH2O2/c6-4-2-1-3-5-7;1-5(2,3)4;2-1-3/h1-2,6-7H,3-5H2;1H3,(H,2,3,4);1H,(H,2,3). The Bertz CT molecular complexity index is 224. The predicted octanol–water partition coefficient (Wildman–Crippen LogP) is -0.878. The van der Waals surface area contributed by atoms with E-state index in [1.807, 2.05) is 0 Å². The molecule has 0 aliphatic carbocycles. The van der Waals surface area contributed by atoms with Crippen LogP contribution in [-0.2, 0) is 14.9 Å². The number of carboxylic acid groups (broad SMARTS) is 1. The summed E-state index contributed by atoms with van der Waals surface area (Å²) >= 11 is 0. The highest BCUT2D eigenvalue weighted by Crippen LogP contribution is 1.76. The van der Waals surface area contributed by atoms with Crippen molar-refractivity contribution >= 4 is 16.6 Å². The monoisotopic (exact) mass is 244 g/mol. The van der Waals surface area contributed by atoms with Gasteiger partial charge in [-0.1, -0.05) is 12.2 Å². The van der Waals surface area contributed by atoms with Crippen molar-refractivity contribution in [1.29, 1.82) is 0 Å². The maximum Gasteiger partial charge on any atom is 0.290 e. The quantitative estimate of drug-likeness (QED) is 0.288. The molecule has 0 aromatic carbocycles. The number of rotatable bonds is 3. The first-order chi connectivity index (χ1) is 6.83. The van der Waals surface area contributed by atoms with Crippen LogP contribution >= 0.6 is 0 Å². The molecule has 0 rings (SSSR count). The summed E-state index contributed by atoms with van der Waals surface area (Å²) in [4.78, 5) is 8.36. The van der Waals surface area contributed by atoms with Crippen molar-refractivity contribution in [3.63, 3.8) is 0 Å². The summed E-state index contributed by atoms with van der Waals surface area (Å²) in [5.74, 6) is 0. The normalized spacial score (nSPS) is 9.60. The lowest BCUT2D eigenvalue weighted by Gasteiger charge is -1.79. The van der Waals surface area contributed by atoms with Gasteiger partial charge >= 0.3 is 0 Å². The van der Waals surface area contributed by atoms with Gasteiger partial charge in [0, 0.05) is 6.61 Å². The summed E-state index contributed by atoms with van der Waals surface area (Å²) in [6.45, 7) is -0.0174. The number of carbonyl (C=O) groups is 1.